The number of hydrogen-bond donors (Lipinski definition) is 1. The molecule has 2 aliphatic rings. The molecule has 2 nitrogen and oxygen atoms in total. The molecule has 1 aliphatic heterocycles. The minimum Gasteiger partial charge on any atom is -0.322 e. The Labute approximate surface area is 129 Å². The van der Waals surface area contributed by atoms with Crippen molar-refractivity contribution in [2.24, 2.45) is 5.73 Å². The maximum atomic E-state index is 6.72. The highest BCUT2D eigenvalue weighted by atomic mass is 35.5. The van der Waals surface area contributed by atoms with E-state index in [1.165, 1.54) is 63.6 Å². The first-order valence-corrected chi connectivity index (χ1v) is 7.88. The van der Waals surface area contributed by atoms with Crippen LogP contribution in [-0.2, 0) is 0 Å². The van der Waals surface area contributed by atoms with Crippen molar-refractivity contribution in [3.63, 3.8) is 0 Å². The van der Waals surface area contributed by atoms with Crippen molar-refractivity contribution in [1.29, 1.82) is 0 Å². The van der Waals surface area contributed by atoms with Gasteiger partial charge in [-0.25, -0.2) is 0 Å². The highest BCUT2D eigenvalue weighted by Gasteiger charge is 2.44. The first-order valence-electron chi connectivity index (χ1n) is 7.88. The lowest BCUT2D eigenvalue weighted by Gasteiger charge is -2.47. The van der Waals surface area contributed by atoms with Crippen molar-refractivity contribution in [2.75, 3.05) is 13.1 Å². The molecule has 3 heteroatoms. The van der Waals surface area contributed by atoms with Crippen LogP contribution >= 0.6 is 12.4 Å². The van der Waals surface area contributed by atoms with Crippen LogP contribution in [0.15, 0.2) is 30.3 Å². The van der Waals surface area contributed by atoms with Crippen LogP contribution in [0.1, 0.15) is 56.6 Å². The van der Waals surface area contributed by atoms with Gasteiger partial charge in [-0.05, 0) is 44.3 Å². The molecule has 1 saturated heterocycles. The molecule has 0 radical (unpaired) electrons. The maximum Gasteiger partial charge on any atom is 0.0482 e. The van der Waals surface area contributed by atoms with Crippen LogP contribution in [0.2, 0.25) is 0 Å². The molecule has 2 fully saturated rings. The number of hydrogen-bond acceptors (Lipinski definition) is 2. The highest BCUT2D eigenvalue weighted by Crippen LogP contribution is 2.44. The van der Waals surface area contributed by atoms with E-state index in [9.17, 15) is 0 Å². The Kier molecular flexibility index (Phi) is 5.48. The van der Waals surface area contributed by atoms with Crippen molar-refractivity contribution >= 4 is 12.4 Å². The average Bonchev–Trinajstić information content (AvgIpc) is 2.99. The molecule has 0 amide bonds. The van der Waals surface area contributed by atoms with E-state index in [0.717, 1.165) is 0 Å². The molecule has 1 unspecified atom stereocenters. The van der Waals surface area contributed by atoms with E-state index in [4.69, 9.17) is 5.73 Å². The lowest BCUT2D eigenvalue weighted by Crippen LogP contribution is -2.55. The van der Waals surface area contributed by atoms with E-state index >= 15 is 0 Å². The number of likely N-dealkylation sites (tertiary alicyclic amines) is 1. The van der Waals surface area contributed by atoms with Crippen LogP contribution in [0, 0.1) is 0 Å². The van der Waals surface area contributed by atoms with Gasteiger partial charge in [0.05, 0.1) is 0 Å². The molecule has 1 aromatic rings. The van der Waals surface area contributed by atoms with E-state index in [2.05, 4.69) is 35.2 Å². The SMILES string of the molecule is Cl.NC(c1ccccc1)C1(N2CCCCC2)CCCC1. The number of piperidine rings is 1. The largest absolute Gasteiger partial charge is 0.322 e. The molecule has 1 aromatic carbocycles. The van der Waals surface area contributed by atoms with Crippen LogP contribution in [0.5, 0.6) is 0 Å². The summed E-state index contributed by atoms with van der Waals surface area (Å²) in [6.07, 6.45) is 9.35. The van der Waals surface area contributed by atoms with E-state index < -0.39 is 0 Å². The van der Waals surface area contributed by atoms with Gasteiger partial charge in [-0.15, -0.1) is 12.4 Å². The fourth-order valence-corrected chi connectivity index (χ4v) is 4.12. The minimum atomic E-state index is 0. The van der Waals surface area contributed by atoms with Crippen LogP contribution < -0.4 is 5.73 Å². The van der Waals surface area contributed by atoms with Gasteiger partial charge in [-0.3, -0.25) is 4.90 Å². The van der Waals surface area contributed by atoms with Gasteiger partial charge in [0, 0.05) is 11.6 Å². The van der Waals surface area contributed by atoms with Crippen LogP contribution in [0.25, 0.3) is 0 Å². The van der Waals surface area contributed by atoms with E-state index in [-0.39, 0.29) is 24.0 Å². The Morgan fingerprint density at radius 3 is 2.10 bits per heavy atom. The summed E-state index contributed by atoms with van der Waals surface area (Å²) in [4.78, 5) is 2.72. The van der Waals surface area contributed by atoms with Gasteiger partial charge in [0.1, 0.15) is 0 Å². The van der Waals surface area contributed by atoms with Gasteiger partial charge < -0.3 is 5.73 Å². The van der Waals surface area contributed by atoms with Crippen LogP contribution in [0.4, 0.5) is 0 Å². The highest BCUT2D eigenvalue weighted by molar-refractivity contribution is 5.85. The van der Waals surface area contributed by atoms with E-state index in [0.29, 0.717) is 0 Å². The molecule has 1 aliphatic carbocycles. The molecule has 0 spiro atoms. The number of nitrogens with zero attached hydrogens (tertiary/aromatic N) is 1. The second kappa shape index (κ2) is 6.93. The van der Waals surface area contributed by atoms with Crippen LogP contribution in [0.3, 0.4) is 0 Å². The summed E-state index contributed by atoms with van der Waals surface area (Å²) in [7, 11) is 0. The summed E-state index contributed by atoms with van der Waals surface area (Å²) in [5, 5.41) is 0. The first kappa shape index (κ1) is 15.8. The Morgan fingerprint density at radius 2 is 1.50 bits per heavy atom. The van der Waals surface area contributed by atoms with Gasteiger partial charge >= 0.3 is 0 Å². The van der Waals surface area contributed by atoms with Gasteiger partial charge in [0.2, 0.25) is 0 Å². The lowest BCUT2D eigenvalue weighted by molar-refractivity contribution is 0.0478. The Balaban J connectivity index is 0.00000147. The zero-order chi connectivity index (χ0) is 13.1. The molecule has 112 valence electrons. The predicted molar refractivity (Wildman–Crippen MR) is 87.2 cm³/mol. The van der Waals surface area contributed by atoms with Crippen molar-refractivity contribution in [2.45, 2.75) is 56.5 Å². The fraction of sp³-hybridized carbons (Fsp3) is 0.647. The molecule has 20 heavy (non-hydrogen) atoms. The third-order valence-corrected chi connectivity index (χ3v) is 5.19. The summed E-state index contributed by atoms with van der Waals surface area (Å²) in [6.45, 7) is 2.50. The number of rotatable bonds is 3. The zero-order valence-corrected chi connectivity index (χ0v) is 13.1. The van der Waals surface area contributed by atoms with Crippen molar-refractivity contribution < 1.29 is 0 Å². The van der Waals surface area contributed by atoms with E-state index in [1.54, 1.807) is 0 Å². The third kappa shape index (κ3) is 2.88. The topological polar surface area (TPSA) is 29.3 Å². The van der Waals surface area contributed by atoms with E-state index in [1.807, 2.05) is 0 Å². The Morgan fingerprint density at radius 1 is 0.900 bits per heavy atom. The molecule has 1 heterocycles. The predicted octanol–water partition coefficient (Wildman–Crippen LogP) is 3.91. The monoisotopic (exact) mass is 294 g/mol. The standard InChI is InChI=1S/C17H26N2.ClH/c18-16(15-9-3-1-4-10-15)17(11-5-6-12-17)19-13-7-2-8-14-19;/h1,3-4,9-10,16H,2,5-8,11-14,18H2;1H. The fourth-order valence-electron chi connectivity index (χ4n) is 4.12. The zero-order valence-electron chi connectivity index (χ0n) is 12.3. The maximum absolute atomic E-state index is 6.72. The summed E-state index contributed by atoms with van der Waals surface area (Å²) in [5.41, 5.74) is 8.28. The van der Waals surface area contributed by atoms with Gasteiger partial charge in [0.15, 0.2) is 0 Å². The van der Waals surface area contributed by atoms with Gasteiger partial charge in [-0.1, -0.05) is 49.6 Å². The summed E-state index contributed by atoms with van der Waals surface area (Å²) in [6, 6.07) is 10.9. The molecule has 2 N–H and O–H groups in total. The normalized spacial score (nSPS) is 24.1. The Bertz CT molecular complexity index is 395. The third-order valence-electron chi connectivity index (χ3n) is 5.19. The second-order valence-electron chi connectivity index (χ2n) is 6.25. The number of benzene rings is 1. The van der Waals surface area contributed by atoms with Crippen molar-refractivity contribution in [3.05, 3.63) is 35.9 Å². The lowest BCUT2D eigenvalue weighted by atomic mass is 9.81. The molecular weight excluding hydrogens is 268 g/mol. The molecule has 0 aromatic heterocycles. The summed E-state index contributed by atoms with van der Waals surface area (Å²) < 4.78 is 0. The molecule has 0 bridgehead atoms. The molecule has 1 saturated carbocycles. The molecule has 1 atom stereocenters. The second-order valence-corrected chi connectivity index (χ2v) is 6.25. The van der Waals surface area contributed by atoms with Crippen LogP contribution in [-0.4, -0.2) is 23.5 Å². The van der Waals surface area contributed by atoms with Gasteiger partial charge in [-0.2, -0.15) is 0 Å². The Hall–Kier alpha value is -0.570. The molecular formula is C17H27ClN2. The minimum absolute atomic E-state index is 0. The van der Waals surface area contributed by atoms with Crippen molar-refractivity contribution in [1.82, 2.24) is 4.90 Å². The first-order chi connectivity index (χ1) is 9.33. The number of halogens is 1. The van der Waals surface area contributed by atoms with Gasteiger partial charge in [0.25, 0.3) is 0 Å². The van der Waals surface area contributed by atoms with Crippen molar-refractivity contribution in [3.8, 4) is 0 Å². The summed E-state index contributed by atoms with van der Waals surface area (Å²) in [5.74, 6) is 0. The smallest absolute Gasteiger partial charge is 0.0482 e. The average molecular weight is 295 g/mol. The molecule has 3 rings (SSSR count). The number of nitrogens with two attached hydrogens (primary N) is 1. The summed E-state index contributed by atoms with van der Waals surface area (Å²) >= 11 is 0. The quantitative estimate of drug-likeness (QED) is 0.916.